The summed E-state index contributed by atoms with van der Waals surface area (Å²) in [6, 6.07) is 10.7. The summed E-state index contributed by atoms with van der Waals surface area (Å²) in [5, 5.41) is 3.42. The smallest absolute Gasteiger partial charge is 0.227 e. The van der Waals surface area contributed by atoms with Gasteiger partial charge in [0.2, 0.25) is 5.95 Å². The fourth-order valence-electron chi connectivity index (χ4n) is 3.44. The van der Waals surface area contributed by atoms with Crippen molar-refractivity contribution in [2.24, 2.45) is 0 Å². The van der Waals surface area contributed by atoms with Crippen LogP contribution in [0.15, 0.2) is 36.5 Å². The van der Waals surface area contributed by atoms with E-state index in [1.54, 1.807) is 7.11 Å². The minimum absolute atomic E-state index is 0.570. The van der Waals surface area contributed by atoms with Crippen LogP contribution in [-0.2, 0) is 6.42 Å². The van der Waals surface area contributed by atoms with Crippen molar-refractivity contribution in [2.75, 3.05) is 30.4 Å². The summed E-state index contributed by atoms with van der Waals surface area (Å²) in [6.45, 7) is 4.14. The molecule has 0 amide bonds. The lowest BCUT2D eigenvalue weighted by Crippen LogP contribution is -2.40. The molecule has 0 radical (unpaired) electrons. The molecule has 0 bridgehead atoms. The van der Waals surface area contributed by atoms with Crippen LogP contribution >= 0.6 is 0 Å². The van der Waals surface area contributed by atoms with E-state index < -0.39 is 0 Å². The lowest BCUT2D eigenvalue weighted by molar-refractivity contribution is 0.414. The van der Waals surface area contributed by atoms with Crippen LogP contribution in [0.25, 0.3) is 0 Å². The van der Waals surface area contributed by atoms with Crippen molar-refractivity contribution in [1.29, 1.82) is 0 Å². The first-order valence-corrected chi connectivity index (χ1v) is 9.26. The number of methoxy groups -OCH3 is 1. The quantitative estimate of drug-likeness (QED) is 0.828. The van der Waals surface area contributed by atoms with Crippen LogP contribution in [-0.4, -0.2) is 36.2 Å². The van der Waals surface area contributed by atoms with Gasteiger partial charge in [-0.15, -0.1) is 0 Å². The molecule has 25 heavy (non-hydrogen) atoms. The Balaban J connectivity index is 1.59. The molecule has 1 unspecified atom stereocenters. The fraction of sp³-hybridized carbons (Fsp3) is 0.500. The number of anilines is 2. The summed E-state index contributed by atoms with van der Waals surface area (Å²) in [5.74, 6) is 2.66. The van der Waals surface area contributed by atoms with Crippen molar-refractivity contribution in [3.05, 3.63) is 42.1 Å². The molecule has 1 aromatic heterocycles. The van der Waals surface area contributed by atoms with Crippen LogP contribution in [0.3, 0.4) is 0 Å². The Morgan fingerprint density at radius 3 is 3.04 bits per heavy atom. The Bertz CT molecular complexity index is 676. The SMILES string of the molecule is CCC1CCCCN1c1nccc(NCCc2cccc(OC)c2)n1. The Labute approximate surface area is 150 Å². The number of hydrogen-bond donors (Lipinski definition) is 1. The number of piperidine rings is 1. The number of rotatable bonds is 7. The molecule has 1 aliphatic heterocycles. The van der Waals surface area contributed by atoms with Crippen molar-refractivity contribution in [2.45, 2.75) is 45.1 Å². The van der Waals surface area contributed by atoms with Gasteiger partial charge in [-0.05, 0) is 55.9 Å². The van der Waals surface area contributed by atoms with Crippen molar-refractivity contribution in [3.8, 4) is 5.75 Å². The number of ether oxygens (including phenoxy) is 1. The van der Waals surface area contributed by atoms with E-state index in [9.17, 15) is 0 Å². The zero-order chi connectivity index (χ0) is 17.5. The highest BCUT2D eigenvalue weighted by Gasteiger charge is 2.23. The topological polar surface area (TPSA) is 50.3 Å². The number of aromatic nitrogens is 2. The second-order valence-corrected chi connectivity index (χ2v) is 6.52. The molecule has 3 rings (SSSR count). The van der Waals surface area contributed by atoms with Gasteiger partial charge in [-0.2, -0.15) is 4.98 Å². The maximum atomic E-state index is 5.28. The molecule has 0 saturated carbocycles. The molecule has 1 fully saturated rings. The van der Waals surface area contributed by atoms with Gasteiger partial charge in [-0.1, -0.05) is 19.1 Å². The van der Waals surface area contributed by atoms with E-state index in [1.807, 2.05) is 24.4 Å². The van der Waals surface area contributed by atoms with Crippen molar-refractivity contribution < 1.29 is 4.74 Å². The Kier molecular flexibility index (Phi) is 6.09. The molecule has 134 valence electrons. The van der Waals surface area contributed by atoms with Crippen molar-refractivity contribution >= 4 is 11.8 Å². The molecule has 0 spiro atoms. The Hall–Kier alpha value is -2.30. The molecular formula is C20H28N4O. The highest BCUT2D eigenvalue weighted by molar-refractivity contribution is 5.42. The second kappa shape index (κ2) is 8.70. The van der Waals surface area contributed by atoms with Crippen LogP contribution in [0.2, 0.25) is 0 Å². The van der Waals surface area contributed by atoms with Crippen LogP contribution in [0.4, 0.5) is 11.8 Å². The lowest BCUT2D eigenvalue weighted by atomic mass is 10.0. The zero-order valence-corrected chi connectivity index (χ0v) is 15.2. The summed E-state index contributed by atoms with van der Waals surface area (Å²) in [7, 11) is 1.70. The third-order valence-corrected chi connectivity index (χ3v) is 4.85. The van der Waals surface area contributed by atoms with Crippen molar-refractivity contribution in [1.82, 2.24) is 9.97 Å². The normalized spacial score (nSPS) is 17.4. The summed E-state index contributed by atoms with van der Waals surface area (Å²) < 4.78 is 5.28. The standard InChI is InChI=1S/C20H28N4O/c1-3-17-8-4-5-14-24(17)20-22-13-11-19(23-20)21-12-10-16-7-6-9-18(15-16)25-2/h6-7,9,11,13,15,17H,3-5,8,10,12,14H2,1-2H3,(H,21,22,23). The predicted molar refractivity (Wildman–Crippen MR) is 102 cm³/mol. The average Bonchev–Trinajstić information content (AvgIpc) is 2.68. The van der Waals surface area contributed by atoms with Gasteiger partial charge in [0.1, 0.15) is 11.6 Å². The van der Waals surface area contributed by atoms with E-state index in [4.69, 9.17) is 9.72 Å². The molecule has 1 aliphatic rings. The number of hydrogen-bond acceptors (Lipinski definition) is 5. The van der Waals surface area contributed by atoms with Crippen molar-refractivity contribution in [3.63, 3.8) is 0 Å². The van der Waals surface area contributed by atoms with Crippen LogP contribution in [0.5, 0.6) is 5.75 Å². The molecule has 1 aromatic carbocycles. The van der Waals surface area contributed by atoms with E-state index >= 15 is 0 Å². The Morgan fingerprint density at radius 2 is 2.20 bits per heavy atom. The van der Waals surface area contributed by atoms with Crippen LogP contribution in [0, 0.1) is 0 Å². The third kappa shape index (κ3) is 4.62. The zero-order valence-electron chi connectivity index (χ0n) is 15.2. The first kappa shape index (κ1) is 17.5. The molecule has 1 N–H and O–H groups in total. The second-order valence-electron chi connectivity index (χ2n) is 6.52. The molecule has 2 aromatic rings. The van der Waals surface area contributed by atoms with Gasteiger partial charge in [0, 0.05) is 25.3 Å². The molecule has 1 saturated heterocycles. The minimum Gasteiger partial charge on any atom is -0.497 e. The van der Waals surface area contributed by atoms with E-state index in [0.717, 1.165) is 43.4 Å². The summed E-state index contributed by atoms with van der Waals surface area (Å²) in [5.41, 5.74) is 1.25. The number of nitrogens with zero attached hydrogens (tertiary/aromatic N) is 3. The fourth-order valence-corrected chi connectivity index (χ4v) is 3.44. The first-order valence-electron chi connectivity index (χ1n) is 9.26. The summed E-state index contributed by atoms with van der Waals surface area (Å²) in [6.07, 6.45) is 7.72. The monoisotopic (exact) mass is 340 g/mol. The molecule has 5 heteroatoms. The van der Waals surface area contributed by atoms with Gasteiger partial charge in [-0.25, -0.2) is 4.98 Å². The molecular weight excluding hydrogens is 312 g/mol. The third-order valence-electron chi connectivity index (χ3n) is 4.85. The predicted octanol–water partition coefficient (Wildman–Crippen LogP) is 3.91. The Morgan fingerprint density at radius 1 is 1.28 bits per heavy atom. The summed E-state index contributed by atoms with van der Waals surface area (Å²) >= 11 is 0. The highest BCUT2D eigenvalue weighted by atomic mass is 16.5. The maximum absolute atomic E-state index is 5.28. The van der Waals surface area contributed by atoms with Gasteiger partial charge in [0.15, 0.2) is 0 Å². The van der Waals surface area contributed by atoms with E-state index in [0.29, 0.717) is 6.04 Å². The molecule has 1 atom stereocenters. The van der Waals surface area contributed by atoms with Crippen LogP contribution < -0.4 is 15.0 Å². The van der Waals surface area contributed by atoms with E-state index in [2.05, 4.69) is 34.3 Å². The van der Waals surface area contributed by atoms with E-state index in [1.165, 1.54) is 24.8 Å². The largest absolute Gasteiger partial charge is 0.497 e. The van der Waals surface area contributed by atoms with Gasteiger partial charge in [0.05, 0.1) is 7.11 Å². The lowest BCUT2D eigenvalue weighted by Gasteiger charge is -2.35. The van der Waals surface area contributed by atoms with Gasteiger partial charge in [-0.3, -0.25) is 0 Å². The molecule has 5 nitrogen and oxygen atoms in total. The molecule has 2 heterocycles. The highest BCUT2D eigenvalue weighted by Crippen LogP contribution is 2.24. The first-order chi connectivity index (χ1) is 12.3. The van der Waals surface area contributed by atoms with Gasteiger partial charge < -0.3 is 15.0 Å². The number of benzene rings is 1. The van der Waals surface area contributed by atoms with Crippen LogP contribution in [0.1, 0.15) is 38.2 Å². The van der Waals surface area contributed by atoms with Gasteiger partial charge >= 0.3 is 0 Å². The summed E-state index contributed by atoms with van der Waals surface area (Å²) in [4.78, 5) is 11.6. The minimum atomic E-state index is 0.570. The maximum Gasteiger partial charge on any atom is 0.227 e. The molecule has 0 aliphatic carbocycles. The van der Waals surface area contributed by atoms with Gasteiger partial charge in [0.25, 0.3) is 0 Å². The number of nitrogens with one attached hydrogen (secondary N) is 1. The average molecular weight is 340 g/mol. The van der Waals surface area contributed by atoms with E-state index in [-0.39, 0.29) is 0 Å².